The van der Waals surface area contributed by atoms with Crippen LogP contribution in [0.25, 0.3) is 0 Å². The molecule has 1 unspecified atom stereocenters. The van der Waals surface area contributed by atoms with Crippen molar-refractivity contribution in [3.05, 3.63) is 27.9 Å². The maximum Gasteiger partial charge on any atom is 0.314 e. The van der Waals surface area contributed by atoms with Gasteiger partial charge >= 0.3 is 11.7 Å². The number of carbonyl (C=O) groups is 2. The third-order valence-corrected chi connectivity index (χ3v) is 3.02. The fourth-order valence-corrected chi connectivity index (χ4v) is 2.04. The Bertz CT molecular complexity index is 571. The first-order valence-corrected chi connectivity index (χ1v) is 5.55. The van der Waals surface area contributed by atoms with Gasteiger partial charge in [0.25, 0.3) is 0 Å². The first-order valence-electron chi connectivity index (χ1n) is 5.55. The summed E-state index contributed by atoms with van der Waals surface area (Å²) in [7, 11) is 0. The first kappa shape index (κ1) is 12.9. The SMILES string of the molecule is Cc1ccnc(N2CC(C(=O)O)CC2=O)c1[N+](=O)[O-]. The predicted molar refractivity (Wildman–Crippen MR) is 63.7 cm³/mol. The van der Waals surface area contributed by atoms with Crippen molar-refractivity contribution in [1.29, 1.82) is 0 Å². The molecule has 1 saturated heterocycles. The molecule has 8 heteroatoms. The minimum Gasteiger partial charge on any atom is -0.481 e. The molecule has 1 fully saturated rings. The van der Waals surface area contributed by atoms with Crippen LogP contribution in [-0.4, -0.2) is 33.4 Å². The van der Waals surface area contributed by atoms with Crippen LogP contribution in [0.15, 0.2) is 12.3 Å². The molecule has 19 heavy (non-hydrogen) atoms. The molecule has 1 aromatic heterocycles. The second kappa shape index (κ2) is 4.63. The number of hydrogen-bond donors (Lipinski definition) is 1. The number of pyridine rings is 1. The fraction of sp³-hybridized carbons (Fsp3) is 0.364. The lowest BCUT2D eigenvalue weighted by molar-refractivity contribution is -0.384. The van der Waals surface area contributed by atoms with Gasteiger partial charge in [0.2, 0.25) is 11.7 Å². The van der Waals surface area contributed by atoms with Crippen LogP contribution in [0.1, 0.15) is 12.0 Å². The molecule has 0 aromatic carbocycles. The Morgan fingerprint density at radius 3 is 2.84 bits per heavy atom. The van der Waals surface area contributed by atoms with Crippen molar-refractivity contribution in [2.45, 2.75) is 13.3 Å². The lowest BCUT2D eigenvalue weighted by atomic mass is 10.1. The van der Waals surface area contributed by atoms with Crippen molar-refractivity contribution in [2.24, 2.45) is 5.92 Å². The summed E-state index contributed by atoms with van der Waals surface area (Å²) in [6.45, 7) is 1.45. The molecule has 0 saturated carbocycles. The van der Waals surface area contributed by atoms with Crippen molar-refractivity contribution in [1.82, 2.24) is 4.98 Å². The number of hydrogen-bond acceptors (Lipinski definition) is 5. The number of aryl methyl sites for hydroxylation is 1. The van der Waals surface area contributed by atoms with Crippen LogP contribution in [0.5, 0.6) is 0 Å². The van der Waals surface area contributed by atoms with E-state index >= 15 is 0 Å². The van der Waals surface area contributed by atoms with Crippen LogP contribution in [0.3, 0.4) is 0 Å². The van der Waals surface area contributed by atoms with Crippen molar-refractivity contribution >= 4 is 23.4 Å². The number of aromatic nitrogens is 1. The second-order valence-electron chi connectivity index (χ2n) is 4.30. The second-order valence-corrected chi connectivity index (χ2v) is 4.30. The van der Waals surface area contributed by atoms with Gasteiger partial charge in [0.15, 0.2) is 0 Å². The normalized spacial score (nSPS) is 18.7. The van der Waals surface area contributed by atoms with Crippen LogP contribution in [0, 0.1) is 23.0 Å². The molecule has 0 radical (unpaired) electrons. The molecule has 1 atom stereocenters. The Labute approximate surface area is 107 Å². The molecule has 8 nitrogen and oxygen atoms in total. The highest BCUT2D eigenvalue weighted by Crippen LogP contribution is 2.33. The summed E-state index contributed by atoms with van der Waals surface area (Å²) in [5.41, 5.74) is 0.114. The van der Waals surface area contributed by atoms with Crippen LogP contribution in [-0.2, 0) is 9.59 Å². The molecule has 1 aromatic rings. The summed E-state index contributed by atoms with van der Waals surface area (Å²) in [4.78, 5) is 38.0. The molecule has 1 amide bonds. The number of rotatable bonds is 3. The minimum atomic E-state index is -1.09. The number of aliphatic carboxylic acids is 1. The number of anilines is 1. The third-order valence-electron chi connectivity index (χ3n) is 3.02. The van der Waals surface area contributed by atoms with Gasteiger partial charge < -0.3 is 5.11 Å². The van der Waals surface area contributed by atoms with E-state index in [4.69, 9.17) is 5.11 Å². The minimum absolute atomic E-state index is 0.0845. The van der Waals surface area contributed by atoms with E-state index in [1.54, 1.807) is 6.92 Å². The standard InChI is InChI=1S/C11H11N3O5/c1-6-2-3-12-10(9(6)14(18)19)13-5-7(11(16)17)4-8(13)15/h2-3,7H,4-5H2,1H3,(H,16,17). The van der Waals surface area contributed by atoms with Gasteiger partial charge in [-0.15, -0.1) is 0 Å². The fourth-order valence-electron chi connectivity index (χ4n) is 2.04. The molecular weight excluding hydrogens is 254 g/mol. The zero-order valence-electron chi connectivity index (χ0n) is 10.1. The van der Waals surface area contributed by atoms with E-state index in [0.29, 0.717) is 5.56 Å². The molecule has 100 valence electrons. The Balaban J connectivity index is 2.43. The third kappa shape index (κ3) is 2.24. The summed E-state index contributed by atoms with van der Waals surface area (Å²) < 4.78 is 0. The van der Waals surface area contributed by atoms with Crippen LogP contribution < -0.4 is 4.90 Å². The first-order chi connectivity index (χ1) is 8.91. The molecule has 1 aliphatic rings. The smallest absolute Gasteiger partial charge is 0.314 e. The highest BCUT2D eigenvalue weighted by atomic mass is 16.6. The zero-order chi connectivity index (χ0) is 14.2. The van der Waals surface area contributed by atoms with Crippen molar-refractivity contribution in [3.63, 3.8) is 0 Å². The van der Waals surface area contributed by atoms with E-state index in [1.165, 1.54) is 12.3 Å². The van der Waals surface area contributed by atoms with E-state index in [9.17, 15) is 19.7 Å². The summed E-state index contributed by atoms with van der Waals surface area (Å²) in [6, 6.07) is 1.47. The number of amides is 1. The van der Waals surface area contributed by atoms with Crippen LogP contribution >= 0.6 is 0 Å². The Kier molecular flexibility index (Phi) is 3.16. The summed E-state index contributed by atoms with van der Waals surface area (Å²) >= 11 is 0. The molecule has 1 N–H and O–H groups in total. The van der Waals surface area contributed by atoms with Crippen LogP contribution in [0.2, 0.25) is 0 Å². The number of nitro groups is 1. The average Bonchev–Trinajstić information content (AvgIpc) is 2.70. The number of carboxylic acids is 1. The summed E-state index contributed by atoms with van der Waals surface area (Å²) in [6.07, 6.45) is 1.20. The van der Waals surface area contributed by atoms with E-state index in [2.05, 4.69) is 4.98 Å². The lowest BCUT2D eigenvalue weighted by Gasteiger charge is -2.15. The van der Waals surface area contributed by atoms with Gasteiger partial charge in [-0.05, 0) is 13.0 Å². The molecule has 2 heterocycles. The van der Waals surface area contributed by atoms with E-state index in [0.717, 1.165) is 4.90 Å². The van der Waals surface area contributed by atoms with Crippen molar-refractivity contribution in [3.8, 4) is 0 Å². The predicted octanol–water partition coefficient (Wildman–Crippen LogP) is 0.736. The maximum atomic E-state index is 11.8. The van der Waals surface area contributed by atoms with Gasteiger partial charge in [-0.2, -0.15) is 0 Å². The van der Waals surface area contributed by atoms with Gasteiger partial charge in [-0.25, -0.2) is 4.98 Å². The maximum absolute atomic E-state index is 11.8. The van der Waals surface area contributed by atoms with Gasteiger partial charge in [-0.3, -0.25) is 24.6 Å². The largest absolute Gasteiger partial charge is 0.481 e. The zero-order valence-corrected chi connectivity index (χ0v) is 10.1. The summed E-state index contributed by atoms with van der Waals surface area (Å²) in [5, 5.41) is 19.9. The Morgan fingerprint density at radius 1 is 1.63 bits per heavy atom. The van der Waals surface area contributed by atoms with E-state index in [1.807, 2.05) is 0 Å². The van der Waals surface area contributed by atoms with Crippen LogP contribution in [0.4, 0.5) is 11.5 Å². The van der Waals surface area contributed by atoms with Gasteiger partial charge in [0, 0.05) is 24.7 Å². The van der Waals surface area contributed by atoms with E-state index < -0.39 is 22.7 Å². The molecule has 0 bridgehead atoms. The van der Waals surface area contributed by atoms with E-state index in [-0.39, 0.29) is 24.5 Å². The summed E-state index contributed by atoms with van der Waals surface area (Å²) in [5.74, 6) is -2.49. The molecule has 1 aliphatic heterocycles. The van der Waals surface area contributed by atoms with Crippen molar-refractivity contribution in [2.75, 3.05) is 11.4 Å². The van der Waals surface area contributed by atoms with Gasteiger partial charge in [0.1, 0.15) is 0 Å². The van der Waals surface area contributed by atoms with Gasteiger partial charge in [-0.1, -0.05) is 0 Å². The number of nitrogens with zero attached hydrogens (tertiary/aromatic N) is 3. The average molecular weight is 265 g/mol. The highest BCUT2D eigenvalue weighted by molar-refractivity contribution is 6.00. The molecular formula is C11H11N3O5. The highest BCUT2D eigenvalue weighted by Gasteiger charge is 2.39. The Hall–Kier alpha value is -2.51. The topological polar surface area (TPSA) is 114 Å². The van der Waals surface area contributed by atoms with Crippen molar-refractivity contribution < 1.29 is 19.6 Å². The number of carboxylic acid groups (broad SMARTS) is 1. The monoisotopic (exact) mass is 265 g/mol. The quantitative estimate of drug-likeness (QED) is 0.636. The molecule has 0 aliphatic carbocycles. The Morgan fingerprint density at radius 2 is 2.32 bits per heavy atom. The lowest BCUT2D eigenvalue weighted by Crippen LogP contribution is -2.27. The molecule has 0 spiro atoms. The van der Waals surface area contributed by atoms with Gasteiger partial charge in [0.05, 0.1) is 10.8 Å². The number of carbonyl (C=O) groups excluding carboxylic acids is 1. The molecule has 2 rings (SSSR count).